The molecule has 0 fully saturated rings. The van der Waals surface area contributed by atoms with Crippen LogP contribution in [0.4, 0.5) is 5.69 Å². The van der Waals surface area contributed by atoms with Gasteiger partial charge in [0.05, 0.1) is 0 Å². The summed E-state index contributed by atoms with van der Waals surface area (Å²) in [6, 6.07) is 10.8. The Hall–Kier alpha value is -1.39. The van der Waals surface area contributed by atoms with E-state index in [1.54, 1.807) is 0 Å². The van der Waals surface area contributed by atoms with Gasteiger partial charge in [-0.25, -0.2) is 0 Å². The second kappa shape index (κ2) is 7.57. The number of halogens is 1. The van der Waals surface area contributed by atoms with E-state index < -0.39 is 0 Å². The Balaban J connectivity index is 1.99. The van der Waals surface area contributed by atoms with E-state index in [1.165, 1.54) is 16.8 Å². The molecular weight excluding hydrogens is 326 g/mol. The molecule has 1 aromatic heterocycles. The fraction of sp³-hybridized carbons (Fsp3) is 0.353. The normalized spacial score (nSPS) is 12.2. The summed E-state index contributed by atoms with van der Waals surface area (Å²) in [7, 11) is 2.12. The van der Waals surface area contributed by atoms with Crippen molar-refractivity contribution in [3.05, 3.63) is 58.3 Å². The van der Waals surface area contributed by atoms with Gasteiger partial charge in [-0.15, -0.1) is 0 Å². The second-order valence-electron chi connectivity index (χ2n) is 5.48. The smallest absolute Gasteiger partial charge is 0.0375 e. The molecule has 112 valence electrons. The third-order valence-corrected chi connectivity index (χ3v) is 4.24. The summed E-state index contributed by atoms with van der Waals surface area (Å²) in [6.45, 7) is 3.00. The Morgan fingerprint density at radius 3 is 2.57 bits per heavy atom. The van der Waals surface area contributed by atoms with Gasteiger partial charge in [0.25, 0.3) is 0 Å². The first-order chi connectivity index (χ1) is 10.1. The molecule has 2 rings (SSSR count). The molecule has 4 heteroatoms. The zero-order valence-electron chi connectivity index (χ0n) is 12.6. The first-order valence-corrected chi connectivity index (χ1v) is 7.99. The lowest BCUT2D eigenvalue weighted by atomic mass is 10.1. The van der Waals surface area contributed by atoms with Gasteiger partial charge in [-0.3, -0.25) is 4.98 Å². The highest BCUT2D eigenvalue weighted by Gasteiger charge is 2.07. The number of nitrogens with two attached hydrogens (primary N) is 1. The van der Waals surface area contributed by atoms with E-state index in [0.29, 0.717) is 0 Å². The van der Waals surface area contributed by atoms with E-state index in [2.05, 4.69) is 63.2 Å². The minimum absolute atomic E-state index is 0.177. The molecule has 0 spiro atoms. The van der Waals surface area contributed by atoms with Crippen LogP contribution in [0.25, 0.3) is 0 Å². The van der Waals surface area contributed by atoms with E-state index in [9.17, 15) is 0 Å². The van der Waals surface area contributed by atoms with Crippen molar-refractivity contribution in [1.29, 1.82) is 0 Å². The summed E-state index contributed by atoms with van der Waals surface area (Å²) in [5.74, 6) is 0. The van der Waals surface area contributed by atoms with Crippen LogP contribution < -0.4 is 10.6 Å². The van der Waals surface area contributed by atoms with E-state index >= 15 is 0 Å². The predicted molar refractivity (Wildman–Crippen MR) is 92.7 cm³/mol. The number of pyridine rings is 1. The van der Waals surface area contributed by atoms with E-state index in [4.69, 9.17) is 5.73 Å². The lowest BCUT2D eigenvalue weighted by Gasteiger charge is -2.20. The van der Waals surface area contributed by atoms with Crippen LogP contribution in [0.15, 0.2) is 47.2 Å². The van der Waals surface area contributed by atoms with Gasteiger partial charge >= 0.3 is 0 Å². The molecule has 2 aromatic rings. The van der Waals surface area contributed by atoms with Crippen molar-refractivity contribution in [1.82, 2.24) is 4.98 Å². The van der Waals surface area contributed by atoms with E-state index in [-0.39, 0.29) is 6.04 Å². The predicted octanol–water partition coefficient (Wildman–Crippen LogP) is 3.41. The highest BCUT2D eigenvalue weighted by atomic mass is 79.9. The van der Waals surface area contributed by atoms with Crippen molar-refractivity contribution in [2.24, 2.45) is 5.73 Å². The number of nitrogens with zero attached hydrogens (tertiary/aromatic N) is 2. The molecule has 1 heterocycles. The molecule has 3 nitrogen and oxygen atoms in total. The van der Waals surface area contributed by atoms with Gasteiger partial charge < -0.3 is 10.6 Å². The zero-order chi connectivity index (χ0) is 15.2. The van der Waals surface area contributed by atoms with Crippen molar-refractivity contribution in [3.8, 4) is 0 Å². The van der Waals surface area contributed by atoms with E-state index in [0.717, 1.165) is 23.9 Å². The number of anilines is 1. The van der Waals surface area contributed by atoms with Crippen molar-refractivity contribution >= 4 is 21.6 Å². The molecule has 0 radical (unpaired) electrons. The maximum Gasteiger partial charge on any atom is 0.0375 e. The van der Waals surface area contributed by atoms with Crippen molar-refractivity contribution < 1.29 is 0 Å². The minimum Gasteiger partial charge on any atom is -0.374 e. The Morgan fingerprint density at radius 2 is 1.95 bits per heavy atom. The summed E-state index contributed by atoms with van der Waals surface area (Å²) >= 11 is 3.65. The summed E-state index contributed by atoms with van der Waals surface area (Å²) in [4.78, 5) is 6.31. The molecule has 2 N–H and O–H groups in total. The number of likely N-dealkylation sites (N-methyl/N-ethyl adjacent to an activating group) is 1. The number of hydrogen-bond acceptors (Lipinski definition) is 3. The average Bonchev–Trinajstić information content (AvgIpc) is 2.47. The van der Waals surface area contributed by atoms with Gasteiger partial charge in [0.2, 0.25) is 0 Å². The maximum absolute atomic E-state index is 5.87. The van der Waals surface area contributed by atoms with Gasteiger partial charge in [-0.1, -0.05) is 22.0 Å². The van der Waals surface area contributed by atoms with Crippen molar-refractivity contribution in [2.45, 2.75) is 25.8 Å². The van der Waals surface area contributed by atoms with E-state index in [1.807, 2.05) is 19.3 Å². The Bertz CT molecular complexity index is 570. The highest BCUT2D eigenvalue weighted by Crippen LogP contribution is 2.24. The lowest BCUT2D eigenvalue weighted by molar-refractivity contribution is 0.736. The van der Waals surface area contributed by atoms with Crippen LogP contribution in [0.1, 0.15) is 18.1 Å². The van der Waals surface area contributed by atoms with Crippen LogP contribution in [0.3, 0.4) is 0 Å². The van der Waals surface area contributed by atoms with Gasteiger partial charge in [-0.2, -0.15) is 0 Å². The number of hydrogen-bond donors (Lipinski definition) is 1. The highest BCUT2D eigenvalue weighted by molar-refractivity contribution is 9.10. The SMILES string of the molecule is CC(N)Cc1ccc(N(C)CCc2ccncc2)cc1Br. The van der Waals surface area contributed by atoms with Crippen molar-refractivity contribution in [3.63, 3.8) is 0 Å². The third-order valence-electron chi connectivity index (χ3n) is 3.50. The summed E-state index contributed by atoms with van der Waals surface area (Å²) in [5, 5.41) is 0. The van der Waals surface area contributed by atoms with Crippen LogP contribution in [0.2, 0.25) is 0 Å². The molecule has 1 aromatic carbocycles. The summed E-state index contributed by atoms with van der Waals surface area (Å²) in [6.07, 6.45) is 5.59. The Morgan fingerprint density at radius 1 is 1.24 bits per heavy atom. The summed E-state index contributed by atoms with van der Waals surface area (Å²) < 4.78 is 1.13. The van der Waals surface area contributed by atoms with Gasteiger partial charge in [0.1, 0.15) is 0 Å². The Labute approximate surface area is 135 Å². The topological polar surface area (TPSA) is 42.1 Å². The van der Waals surface area contributed by atoms with Crippen LogP contribution in [-0.2, 0) is 12.8 Å². The molecule has 21 heavy (non-hydrogen) atoms. The largest absolute Gasteiger partial charge is 0.374 e. The summed E-state index contributed by atoms with van der Waals surface area (Å²) in [5.41, 5.74) is 9.65. The second-order valence-corrected chi connectivity index (χ2v) is 6.34. The van der Waals surface area contributed by atoms with Gasteiger partial charge in [0.15, 0.2) is 0 Å². The zero-order valence-corrected chi connectivity index (χ0v) is 14.2. The number of benzene rings is 1. The van der Waals surface area contributed by atoms with Crippen LogP contribution in [-0.4, -0.2) is 24.6 Å². The third kappa shape index (κ3) is 4.83. The van der Waals surface area contributed by atoms with Crippen molar-refractivity contribution in [2.75, 3.05) is 18.5 Å². The fourth-order valence-corrected chi connectivity index (χ4v) is 2.79. The average molecular weight is 348 g/mol. The minimum atomic E-state index is 0.177. The molecular formula is C17H22BrN3. The number of rotatable bonds is 6. The fourth-order valence-electron chi connectivity index (χ4n) is 2.26. The van der Waals surface area contributed by atoms with Crippen LogP contribution in [0, 0.1) is 0 Å². The van der Waals surface area contributed by atoms with Gasteiger partial charge in [-0.05, 0) is 55.2 Å². The molecule has 0 aliphatic carbocycles. The molecule has 0 saturated carbocycles. The lowest BCUT2D eigenvalue weighted by Crippen LogP contribution is -2.21. The van der Waals surface area contributed by atoms with Crippen LogP contribution in [0.5, 0.6) is 0 Å². The molecule has 0 aliphatic heterocycles. The molecule has 1 unspecified atom stereocenters. The van der Waals surface area contributed by atoms with Crippen LogP contribution >= 0.6 is 15.9 Å². The standard InChI is InChI=1S/C17H22BrN3/c1-13(19)11-15-3-4-16(12-17(15)18)21(2)10-7-14-5-8-20-9-6-14/h3-6,8-9,12-13H,7,10-11,19H2,1-2H3. The first kappa shape index (κ1) is 16.0. The molecule has 1 atom stereocenters. The quantitative estimate of drug-likeness (QED) is 0.870. The van der Waals surface area contributed by atoms with Gasteiger partial charge in [0, 0.05) is 42.2 Å². The number of aromatic nitrogens is 1. The molecule has 0 aliphatic rings. The Kier molecular flexibility index (Phi) is 5.76. The maximum atomic E-state index is 5.87. The molecule has 0 bridgehead atoms. The monoisotopic (exact) mass is 347 g/mol. The first-order valence-electron chi connectivity index (χ1n) is 7.20. The molecule has 0 saturated heterocycles. The molecule has 0 amide bonds.